The Hall–Kier alpha value is -1.81. The molecular formula is C22H31N3S. The summed E-state index contributed by atoms with van der Waals surface area (Å²) in [5, 5.41) is 0.923. The molecule has 0 radical (unpaired) electrons. The fraction of sp³-hybridized carbons (Fsp3) is 0.500. The maximum Gasteiger partial charge on any atom is 0.144 e. The minimum Gasteiger partial charge on any atom is -0.390 e. The molecule has 0 bridgehead atoms. The van der Waals surface area contributed by atoms with Crippen molar-refractivity contribution in [3.8, 4) is 11.4 Å². The van der Waals surface area contributed by atoms with Crippen molar-refractivity contribution in [2.24, 2.45) is 13.0 Å². The van der Waals surface area contributed by atoms with Crippen molar-refractivity contribution in [1.82, 2.24) is 9.55 Å². The predicted molar refractivity (Wildman–Crippen MR) is 115 cm³/mol. The smallest absolute Gasteiger partial charge is 0.144 e. The van der Waals surface area contributed by atoms with Gasteiger partial charge in [-0.25, -0.2) is 4.98 Å². The molecule has 0 saturated carbocycles. The van der Waals surface area contributed by atoms with E-state index in [1.165, 1.54) is 35.3 Å². The second kappa shape index (κ2) is 8.26. The van der Waals surface area contributed by atoms with E-state index >= 15 is 0 Å². The van der Waals surface area contributed by atoms with Crippen LogP contribution in [-0.4, -0.2) is 9.55 Å². The summed E-state index contributed by atoms with van der Waals surface area (Å²) < 4.78 is 2.19. The first-order chi connectivity index (χ1) is 12.6. The zero-order chi connectivity index (χ0) is 18.7. The van der Waals surface area contributed by atoms with Gasteiger partial charge < -0.3 is 10.3 Å². The van der Waals surface area contributed by atoms with Gasteiger partial charge >= 0.3 is 0 Å². The lowest BCUT2D eigenvalue weighted by molar-refractivity contribution is 0.457. The van der Waals surface area contributed by atoms with Crippen molar-refractivity contribution in [3.63, 3.8) is 0 Å². The Bertz CT molecular complexity index is 871. The van der Waals surface area contributed by atoms with Crippen LogP contribution in [0.5, 0.6) is 0 Å². The molecule has 1 aromatic carbocycles. The number of imidazole rings is 1. The Morgan fingerprint density at radius 3 is 2.50 bits per heavy atom. The lowest BCUT2D eigenvalue weighted by atomic mass is 9.95. The van der Waals surface area contributed by atoms with Gasteiger partial charge in [-0.3, -0.25) is 0 Å². The highest BCUT2D eigenvalue weighted by molar-refractivity contribution is 7.16. The summed E-state index contributed by atoms with van der Waals surface area (Å²) in [6.45, 7) is 6.85. The molecular weight excluding hydrogens is 338 g/mol. The van der Waals surface area contributed by atoms with Crippen LogP contribution in [0.1, 0.15) is 56.9 Å². The molecule has 0 fully saturated rings. The van der Waals surface area contributed by atoms with Crippen LogP contribution in [0.15, 0.2) is 24.3 Å². The van der Waals surface area contributed by atoms with Crippen molar-refractivity contribution in [2.45, 2.75) is 59.3 Å². The summed E-state index contributed by atoms with van der Waals surface area (Å²) in [6.07, 6.45) is 7.12. The first-order valence-electron chi connectivity index (χ1n) is 9.92. The van der Waals surface area contributed by atoms with Crippen molar-refractivity contribution in [3.05, 3.63) is 34.7 Å². The lowest BCUT2D eigenvalue weighted by Gasteiger charge is -2.12. The highest BCUT2D eigenvalue weighted by atomic mass is 32.1. The van der Waals surface area contributed by atoms with Crippen molar-refractivity contribution < 1.29 is 0 Å². The fourth-order valence-electron chi connectivity index (χ4n) is 3.90. The van der Waals surface area contributed by atoms with Crippen LogP contribution in [0.4, 0.5) is 5.00 Å². The number of hydrogen-bond donors (Lipinski definition) is 1. The number of thiophene rings is 1. The van der Waals surface area contributed by atoms with Gasteiger partial charge in [-0.05, 0) is 42.9 Å². The molecule has 0 aliphatic heterocycles. The molecule has 0 aliphatic rings. The Balaban J connectivity index is 2.04. The summed E-state index contributed by atoms with van der Waals surface area (Å²) in [5.74, 6) is 1.82. The Morgan fingerprint density at radius 2 is 1.85 bits per heavy atom. The van der Waals surface area contributed by atoms with Crippen LogP contribution in [0.25, 0.3) is 22.4 Å². The van der Waals surface area contributed by atoms with Crippen LogP contribution < -0.4 is 5.73 Å². The topological polar surface area (TPSA) is 43.8 Å². The van der Waals surface area contributed by atoms with Crippen LogP contribution in [0.3, 0.4) is 0 Å². The third-order valence-corrected chi connectivity index (χ3v) is 6.68. The summed E-state index contributed by atoms with van der Waals surface area (Å²) >= 11 is 1.78. The summed E-state index contributed by atoms with van der Waals surface area (Å²) in [5.41, 5.74) is 11.3. The van der Waals surface area contributed by atoms with E-state index in [-0.39, 0.29) is 0 Å². The van der Waals surface area contributed by atoms with Crippen LogP contribution in [0.2, 0.25) is 0 Å². The number of anilines is 1. The predicted octanol–water partition coefficient (Wildman–Crippen LogP) is 6.21. The molecule has 3 nitrogen and oxygen atoms in total. The fourth-order valence-corrected chi connectivity index (χ4v) is 5.03. The van der Waals surface area contributed by atoms with E-state index in [0.29, 0.717) is 0 Å². The second-order valence-electron chi connectivity index (χ2n) is 7.20. The first-order valence-corrected chi connectivity index (χ1v) is 10.7. The molecule has 0 atom stereocenters. The van der Waals surface area contributed by atoms with Gasteiger partial charge in [-0.15, -0.1) is 11.3 Å². The number of hydrogen-bond acceptors (Lipinski definition) is 3. The standard InChI is InChI=1S/C22H31N3S/c1-5-10-16-19(14-13-15(6-2)7-3)26-21(23)20(16)22-24-17-11-8-9-12-18(17)25(22)4/h8-9,11-12,15H,5-7,10,13-14,23H2,1-4H3. The normalized spacial score (nSPS) is 11.7. The van der Waals surface area contributed by atoms with Crippen LogP contribution >= 0.6 is 11.3 Å². The summed E-state index contributed by atoms with van der Waals surface area (Å²) in [4.78, 5) is 6.39. The summed E-state index contributed by atoms with van der Waals surface area (Å²) in [6, 6.07) is 8.32. The van der Waals surface area contributed by atoms with E-state index in [1.807, 2.05) is 6.07 Å². The number of aryl methyl sites for hydroxylation is 2. The number of aromatic nitrogens is 2. The molecule has 26 heavy (non-hydrogen) atoms. The van der Waals surface area contributed by atoms with E-state index in [4.69, 9.17) is 10.7 Å². The summed E-state index contributed by atoms with van der Waals surface area (Å²) in [7, 11) is 2.10. The van der Waals surface area contributed by atoms with E-state index < -0.39 is 0 Å². The maximum atomic E-state index is 6.53. The van der Waals surface area contributed by atoms with Gasteiger partial charge in [0.2, 0.25) is 0 Å². The zero-order valence-corrected chi connectivity index (χ0v) is 17.3. The average Bonchev–Trinajstić information content (AvgIpc) is 3.13. The quantitative estimate of drug-likeness (QED) is 0.513. The largest absolute Gasteiger partial charge is 0.390 e. The van der Waals surface area contributed by atoms with Gasteiger partial charge in [0.05, 0.1) is 21.6 Å². The third kappa shape index (κ3) is 3.52. The molecule has 0 amide bonds. The van der Waals surface area contributed by atoms with Gasteiger partial charge in [0.1, 0.15) is 5.82 Å². The molecule has 0 saturated heterocycles. The van der Waals surface area contributed by atoms with Crippen molar-refractivity contribution >= 4 is 27.4 Å². The van der Waals surface area contributed by atoms with Crippen molar-refractivity contribution in [2.75, 3.05) is 5.73 Å². The highest BCUT2D eigenvalue weighted by Crippen LogP contribution is 2.41. The van der Waals surface area contributed by atoms with Crippen LogP contribution in [0, 0.1) is 5.92 Å². The van der Waals surface area contributed by atoms with E-state index in [9.17, 15) is 0 Å². The minimum atomic E-state index is 0.812. The van der Waals surface area contributed by atoms with Gasteiger partial charge in [0.25, 0.3) is 0 Å². The SMILES string of the molecule is CCCc1c(CCC(CC)CC)sc(N)c1-c1nc2ccccc2n1C. The highest BCUT2D eigenvalue weighted by Gasteiger charge is 2.22. The average molecular weight is 370 g/mol. The number of para-hydroxylation sites is 2. The van der Waals surface area contributed by atoms with E-state index in [2.05, 4.69) is 50.6 Å². The monoisotopic (exact) mass is 369 g/mol. The molecule has 140 valence electrons. The number of nitrogen functional groups attached to an aromatic ring is 1. The number of benzene rings is 1. The molecule has 2 heterocycles. The van der Waals surface area contributed by atoms with Crippen LogP contribution in [-0.2, 0) is 19.9 Å². The maximum absolute atomic E-state index is 6.53. The number of nitrogens with zero attached hydrogens (tertiary/aromatic N) is 2. The molecule has 0 aliphatic carbocycles. The van der Waals surface area contributed by atoms with Crippen molar-refractivity contribution in [1.29, 1.82) is 0 Å². The minimum absolute atomic E-state index is 0.812. The van der Waals surface area contributed by atoms with E-state index in [0.717, 1.165) is 47.0 Å². The van der Waals surface area contributed by atoms with Gasteiger partial charge in [0.15, 0.2) is 0 Å². The second-order valence-corrected chi connectivity index (χ2v) is 8.33. The zero-order valence-electron chi connectivity index (χ0n) is 16.5. The van der Waals surface area contributed by atoms with Gasteiger partial charge in [0, 0.05) is 11.9 Å². The first kappa shape index (κ1) is 19.0. The lowest BCUT2D eigenvalue weighted by Crippen LogP contribution is -2.01. The molecule has 0 unspecified atom stereocenters. The molecule has 3 aromatic rings. The number of nitrogens with two attached hydrogens (primary N) is 1. The Morgan fingerprint density at radius 1 is 1.12 bits per heavy atom. The third-order valence-electron chi connectivity index (χ3n) is 5.56. The van der Waals surface area contributed by atoms with Gasteiger partial charge in [-0.2, -0.15) is 0 Å². The van der Waals surface area contributed by atoms with E-state index in [1.54, 1.807) is 11.3 Å². The number of fused-ring (bicyclic) bond motifs is 1. The molecule has 4 heteroatoms. The Labute approximate surface area is 161 Å². The Kier molecular flexibility index (Phi) is 6.02. The molecule has 2 aromatic heterocycles. The van der Waals surface area contributed by atoms with Gasteiger partial charge in [-0.1, -0.05) is 52.2 Å². The number of rotatable bonds is 8. The molecule has 2 N–H and O–H groups in total. The molecule has 3 rings (SSSR count). The molecule has 0 spiro atoms.